The second-order valence-corrected chi connectivity index (χ2v) is 5.54. The summed E-state index contributed by atoms with van der Waals surface area (Å²) in [6.45, 7) is 8.60. The van der Waals surface area contributed by atoms with Crippen molar-refractivity contribution in [1.29, 1.82) is 0 Å². The maximum atomic E-state index is 5.86. The van der Waals surface area contributed by atoms with Crippen molar-refractivity contribution in [3.05, 3.63) is 0 Å². The molecule has 1 unspecified atom stereocenters. The molecule has 0 amide bonds. The van der Waals surface area contributed by atoms with Crippen molar-refractivity contribution >= 4 is 0 Å². The van der Waals surface area contributed by atoms with E-state index in [0.717, 1.165) is 19.0 Å². The van der Waals surface area contributed by atoms with Crippen LogP contribution in [0.15, 0.2) is 0 Å². The summed E-state index contributed by atoms with van der Waals surface area (Å²) in [6, 6.07) is 0. The first kappa shape index (κ1) is 12.0. The Morgan fingerprint density at radius 1 is 1.43 bits per heavy atom. The lowest BCUT2D eigenvalue weighted by Gasteiger charge is -2.37. The van der Waals surface area contributed by atoms with Gasteiger partial charge in [-0.05, 0) is 31.7 Å². The molecule has 84 valence electrons. The Kier molecular flexibility index (Phi) is 4.39. The molecule has 1 rings (SSSR count). The third-order valence-corrected chi connectivity index (χ3v) is 3.35. The fourth-order valence-electron chi connectivity index (χ4n) is 2.01. The molecule has 0 saturated heterocycles. The van der Waals surface area contributed by atoms with Crippen molar-refractivity contribution in [2.24, 2.45) is 17.6 Å². The molecule has 14 heavy (non-hydrogen) atoms. The van der Waals surface area contributed by atoms with E-state index in [1.54, 1.807) is 0 Å². The number of hydrogen-bond donors (Lipinski definition) is 2. The number of nitrogens with two attached hydrogens (primary N) is 1. The largest absolute Gasteiger partial charge is 0.329 e. The van der Waals surface area contributed by atoms with Gasteiger partial charge in [0.2, 0.25) is 0 Å². The van der Waals surface area contributed by atoms with Crippen molar-refractivity contribution in [3.63, 3.8) is 0 Å². The Labute approximate surface area is 88.6 Å². The van der Waals surface area contributed by atoms with E-state index >= 15 is 0 Å². The molecular formula is C12H26N2. The molecule has 0 aromatic rings. The minimum absolute atomic E-state index is 0.176. The van der Waals surface area contributed by atoms with Crippen LogP contribution in [0.3, 0.4) is 0 Å². The molecule has 1 saturated carbocycles. The molecule has 2 nitrogen and oxygen atoms in total. The van der Waals surface area contributed by atoms with E-state index in [0.29, 0.717) is 5.92 Å². The van der Waals surface area contributed by atoms with Crippen molar-refractivity contribution in [2.75, 3.05) is 13.1 Å². The van der Waals surface area contributed by atoms with Crippen molar-refractivity contribution in [2.45, 2.75) is 52.0 Å². The minimum Gasteiger partial charge on any atom is -0.329 e. The average Bonchev–Trinajstić information content (AvgIpc) is 2.08. The summed E-state index contributed by atoms with van der Waals surface area (Å²) in [5.74, 6) is 1.64. The van der Waals surface area contributed by atoms with Crippen LogP contribution in [0.4, 0.5) is 0 Å². The van der Waals surface area contributed by atoms with Crippen LogP contribution in [0.5, 0.6) is 0 Å². The van der Waals surface area contributed by atoms with Crippen LogP contribution in [0.2, 0.25) is 0 Å². The van der Waals surface area contributed by atoms with Crippen LogP contribution in [0.25, 0.3) is 0 Å². The van der Waals surface area contributed by atoms with Crippen LogP contribution in [-0.2, 0) is 0 Å². The first-order chi connectivity index (χ1) is 6.56. The third-order valence-electron chi connectivity index (χ3n) is 3.35. The molecule has 0 radical (unpaired) electrons. The molecule has 3 N–H and O–H groups in total. The van der Waals surface area contributed by atoms with Gasteiger partial charge in [0.1, 0.15) is 0 Å². The van der Waals surface area contributed by atoms with Crippen molar-refractivity contribution in [1.82, 2.24) is 5.32 Å². The standard InChI is InChI=1S/C12H26N2/c1-10(2)8-14-12(3,9-13)7-11-5-4-6-11/h10-11,14H,4-9,13H2,1-3H3. The van der Waals surface area contributed by atoms with Crippen LogP contribution >= 0.6 is 0 Å². The van der Waals surface area contributed by atoms with E-state index in [-0.39, 0.29) is 5.54 Å². The SMILES string of the molecule is CC(C)CNC(C)(CN)CC1CCC1. The maximum Gasteiger partial charge on any atom is 0.0278 e. The molecule has 1 atom stereocenters. The van der Waals surface area contributed by atoms with Crippen LogP contribution in [0, 0.1) is 11.8 Å². The van der Waals surface area contributed by atoms with Gasteiger partial charge in [0.15, 0.2) is 0 Å². The molecule has 1 aliphatic carbocycles. The van der Waals surface area contributed by atoms with Crippen molar-refractivity contribution in [3.8, 4) is 0 Å². The first-order valence-corrected chi connectivity index (χ1v) is 6.01. The molecule has 0 aromatic carbocycles. The highest BCUT2D eigenvalue weighted by Gasteiger charge is 2.29. The lowest BCUT2D eigenvalue weighted by atomic mass is 9.76. The van der Waals surface area contributed by atoms with Gasteiger partial charge in [0.05, 0.1) is 0 Å². The lowest BCUT2D eigenvalue weighted by molar-refractivity contribution is 0.203. The summed E-state index contributed by atoms with van der Waals surface area (Å²) >= 11 is 0. The Hall–Kier alpha value is -0.0800. The Morgan fingerprint density at radius 3 is 2.43 bits per heavy atom. The Bertz CT molecular complexity index is 164. The topological polar surface area (TPSA) is 38.0 Å². The summed E-state index contributed by atoms with van der Waals surface area (Å²) in [7, 11) is 0. The van der Waals surface area contributed by atoms with Gasteiger partial charge in [-0.3, -0.25) is 0 Å². The van der Waals surface area contributed by atoms with Crippen LogP contribution in [0.1, 0.15) is 46.5 Å². The lowest BCUT2D eigenvalue weighted by Crippen LogP contribution is -2.51. The van der Waals surface area contributed by atoms with Gasteiger partial charge in [-0.25, -0.2) is 0 Å². The second-order valence-electron chi connectivity index (χ2n) is 5.54. The van der Waals surface area contributed by atoms with Gasteiger partial charge in [0, 0.05) is 12.1 Å². The Balaban J connectivity index is 2.30. The zero-order valence-corrected chi connectivity index (χ0v) is 9.97. The second kappa shape index (κ2) is 5.13. The highest BCUT2D eigenvalue weighted by Crippen LogP contribution is 2.33. The predicted molar refractivity (Wildman–Crippen MR) is 62.3 cm³/mol. The quantitative estimate of drug-likeness (QED) is 0.686. The highest BCUT2D eigenvalue weighted by atomic mass is 15.0. The van der Waals surface area contributed by atoms with Gasteiger partial charge < -0.3 is 11.1 Å². The fraction of sp³-hybridized carbons (Fsp3) is 1.00. The van der Waals surface area contributed by atoms with Crippen LogP contribution < -0.4 is 11.1 Å². The predicted octanol–water partition coefficient (Wildman–Crippen LogP) is 2.14. The van der Waals surface area contributed by atoms with Gasteiger partial charge in [-0.15, -0.1) is 0 Å². The Morgan fingerprint density at radius 2 is 2.07 bits per heavy atom. The fourth-order valence-corrected chi connectivity index (χ4v) is 2.01. The number of hydrogen-bond acceptors (Lipinski definition) is 2. The van der Waals surface area contributed by atoms with E-state index in [4.69, 9.17) is 5.73 Å². The molecule has 1 fully saturated rings. The molecule has 2 heteroatoms. The van der Waals surface area contributed by atoms with Gasteiger partial charge in [-0.1, -0.05) is 33.1 Å². The molecular weight excluding hydrogens is 172 g/mol. The minimum atomic E-state index is 0.176. The zero-order valence-electron chi connectivity index (χ0n) is 9.97. The van der Waals surface area contributed by atoms with E-state index in [1.807, 2.05) is 0 Å². The normalized spacial score (nSPS) is 22.1. The number of nitrogens with one attached hydrogen (secondary N) is 1. The molecule has 0 aliphatic heterocycles. The smallest absolute Gasteiger partial charge is 0.0278 e. The summed E-state index contributed by atoms with van der Waals surface area (Å²) in [4.78, 5) is 0. The van der Waals surface area contributed by atoms with Gasteiger partial charge in [0.25, 0.3) is 0 Å². The molecule has 0 heterocycles. The highest BCUT2D eigenvalue weighted by molar-refractivity contribution is 4.89. The van der Waals surface area contributed by atoms with E-state index < -0.39 is 0 Å². The summed E-state index contributed by atoms with van der Waals surface area (Å²) in [5.41, 5.74) is 6.03. The molecule has 0 bridgehead atoms. The summed E-state index contributed by atoms with van der Waals surface area (Å²) < 4.78 is 0. The van der Waals surface area contributed by atoms with Crippen molar-refractivity contribution < 1.29 is 0 Å². The van der Waals surface area contributed by atoms with E-state index in [2.05, 4.69) is 26.1 Å². The first-order valence-electron chi connectivity index (χ1n) is 6.01. The molecule has 0 spiro atoms. The third kappa shape index (κ3) is 3.58. The van der Waals surface area contributed by atoms with Gasteiger partial charge in [-0.2, -0.15) is 0 Å². The molecule has 1 aliphatic rings. The summed E-state index contributed by atoms with van der Waals surface area (Å²) in [5, 5.41) is 3.62. The van der Waals surface area contributed by atoms with E-state index in [1.165, 1.54) is 25.7 Å². The average molecular weight is 198 g/mol. The maximum absolute atomic E-state index is 5.86. The summed E-state index contributed by atoms with van der Waals surface area (Å²) in [6.07, 6.45) is 5.52. The van der Waals surface area contributed by atoms with Gasteiger partial charge >= 0.3 is 0 Å². The van der Waals surface area contributed by atoms with Crippen LogP contribution in [-0.4, -0.2) is 18.6 Å². The zero-order chi connectivity index (χ0) is 10.6. The van der Waals surface area contributed by atoms with E-state index in [9.17, 15) is 0 Å². The monoisotopic (exact) mass is 198 g/mol. The molecule has 0 aromatic heterocycles. The number of rotatable bonds is 6.